The van der Waals surface area contributed by atoms with Crippen LogP contribution in [0.5, 0.6) is 0 Å². The van der Waals surface area contributed by atoms with Crippen molar-refractivity contribution in [3.05, 3.63) is 51.4 Å². The number of hydrogen-bond donors (Lipinski definition) is 2. The first kappa shape index (κ1) is 16.9. The normalized spacial score (nSPS) is 12.5. The molecule has 7 nitrogen and oxygen atoms in total. The van der Waals surface area contributed by atoms with E-state index in [4.69, 9.17) is 5.41 Å². The van der Waals surface area contributed by atoms with Crippen LogP contribution in [0.4, 0.5) is 0 Å². The number of nitrogens with zero attached hydrogens (tertiary/aromatic N) is 3. The summed E-state index contributed by atoms with van der Waals surface area (Å²) in [5, 5.41) is 11.3. The Kier molecular flexibility index (Phi) is 4.16. The molecule has 3 rings (SSSR count). The highest BCUT2D eigenvalue weighted by Gasteiger charge is 2.19. The lowest BCUT2D eigenvalue weighted by molar-refractivity contribution is 0.0960. The molecule has 1 atom stereocenters. The smallest absolute Gasteiger partial charge is 0.267 e. The van der Waals surface area contributed by atoms with Gasteiger partial charge in [0, 0.05) is 19.3 Å². The van der Waals surface area contributed by atoms with E-state index in [1.807, 2.05) is 26.8 Å². The molecule has 0 spiro atoms. The lowest BCUT2D eigenvalue weighted by atomic mass is 10.1. The van der Waals surface area contributed by atoms with Gasteiger partial charge >= 0.3 is 0 Å². The van der Waals surface area contributed by atoms with Gasteiger partial charge in [-0.25, -0.2) is 4.98 Å². The summed E-state index contributed by atoms with van der Waals surface area (Å²) in [7, 11) is 1.51. The minimum atomic E-state index is -0.391. The standard InChI is InChI=1S/C18H21N5O2/c1-5-11(3)23-15(19)12(17(24)20-4)8-13-16(23)21-14-7-6-10(2)9-22(14)18(13)25/h6-9,11,19H,5H2,1-4H3,(H,20,24)/t11-/m1/s1. The van der Waals surface area contributed by atoms with Crippen molar-refractivity contribution in [3.63, 3.8) is 0 Å². The number of pyridine rings is 2. The maximum atomic E-state index is 13.0. The van der Waals surface area contributed by atoms with Gasteiger partial charge in [0.1, 0.15) is 16.8 Å². The van der Waals surface area contributed by atoms with Gasteiger partial charge in [-0.1, -0.05) is 13.0 Å². The summed E-state index contributed by atoms with van der Waals surface area (Å²) < 4.78 is 3.15. The summed E-state index contributed by atoms with van der Waals surface area (Å²) >= 11 is 0. The molecule has 0 aliphatic rings. The fourth-order valence-corrected chi connectivity index (χ4v) is 2.92. The molecule has 25 heavy (non-hydrogen) atoms. The van der Waals surface area contributed by atoms with Crippen molar-refractivity contribution in [2.24, 2.45) is 0 Å². The fraction of sp³-hybridized carbons (Fsp3) is 0.333. The van der Waals surface area contributed by atoms with Crippen molar-refractivity contribution in [2.45, 2.75) is 33.2 Å². The molecule has 3 aromatic rings. The SMILES string of the molecule is CC[C@@H](C)n1c(=N)c(C(=O)NC)cc2c(=O)n3cc(C)ccc3nc21. The number of hydrogen-bond acceptors (Lipinski definition) is 4. The van der Waals surface area contributed by atoms with Crippen LogP contribution in [-0.4, -0.2) is 26.9 Å². The predicted molar refractivity (Wildman–Crippen MR) is 95.9 cm³/mol. The number of carbonyl (C=O) groups is 1. The van der Waals surface area contributed by atoms with Crippen molar-refractivity contribution >= 4 is 22.6 Å². The van der Waals surface area contributed by atoms with Crippen molar-refractivity contribution in [1.82, 2.24) is 19.3 Å². The zero-order valence-corrected chi connectivity index (χ0v) is 14.8. The third kappa shape index (κ3) is 2.61. The molecule has 0 saturated heterocycles. The fourth-order valence-electron chi connectivity index (χ4n) is 2.92. The maximum Gasteiger partial charge on any atom is 0.267 e. The number of carbonyl (C=O) groups excluding carboxylic acids is 1. The Morgan fingerprint density at radius 2 is 2.12 bits per heavy atom. The number of rotatable bonds is 3. The Labute approximate surface area is 144 Å². The number of fused-ring (bicyclic) bond motifs is 2. The van der Waals surface area contributed by atoms with Crippen LogP contribution >= 0.6 is 0 Å². The van der Waals surface area contributed by atoms with Crippen molar-refractivity contribution in [2.75, 3.05) is 7.05 Å². The van der Waals surface area contributed by atoms with Crippen LogP contribution in [0.1, 0.15) is 42.2 Å². The van der Waals surface area contributed by atoms with Crippen molar-refractivity contribution in [3.8, 4) is 0 Å². The molecule has 3 aromatic heterocycles. The molecular formula is C18H21N5O2. The number of aryl methyl sites for hydroxylation is 1. The van der Waals surface area contributed by atoms with E-state index < -0.39 is 5.91 Å². The number of amides is 1. The van der Waals surface area contributed by atoms with Crippen LogP contribution in [0.3, 0.4) is 0 Å². The summed E-state index contributed by atoms with van der Waals surface area (Å²) in [5.74, 6) is -0.391. The molecule has 0 aliphatic heterocycles. The maximum absolute atomic E-state index is 13.0. The third-order valence-corrected chi connectivity index (χ3v) is 4.50. The van der Waals surface area contributed by atoms with Gasteiger partial charge in [-0.15, -0.1) is 0 Å². The van der Waals surface area contributed by atoms with Gasteiger partial charge in [0.15, 0.2) is 0 Å². The molecule has 0 saturated carbocycles. The second kappa shape index (κ2) is 6.16. The molecule has 130 valence electrons. The summed E-state index contributed by atoms with van der Waals surface area (Å²) in [6.45, 7) is 5.84. The largest absolute Gasteiger partial charge is 0.355 e. The third-order valence-electron chi connectivity index (χ3n) is 4.50. The Hall–Kier alpha value is -2.96. The average molecular weight is 339 g/mol. The zero-order chi connectivity index (χ0) is 18.3. The summed E-state index contributed by atoms with van der Waals surface area (Å²) in [6, 6.07) is 5.08. The van der Waals surface area contributed by atoms with Gasteiger partial charge < -0.3 is 9.88 Å². The van der Waals surface area contributed by atoms with Crippen LogP contribution in [-0.2, 0) is 0 Å². The van der Waals surface area contributed by atoms with E-state index in [0.717, 1.165) is 12.0 Å². The van der Waals surface area contributed by atoms with Gasteiger partial charge in [0.2, 0.25) is 0 Å². The molecule has 0 fully saturated rings. The Bertz CT molecular complexity index is 1110. The quantitative estimate of drug-likeness (QED) is 0.712. The van der Waals surface area contributed by atoms with Gasteiger partial charge in [0.05, 0.1) is 10.9 Å². The van der Waals surface area contributed by atoms with Crippen LogP contribution < -0.4 is 16.4 Å². The lowest BCUT2D eigenvalue weighted by Crippen LogP contribution is -2.34. The van der Waals surface area contributed by atoms with E-state index in [9.17, 15) is 9.59 Å². The van der Waals surface area contributed by atoms with Gasteiger partial charge in [-0.3, -0.25) is 19.4 Å². The second-order valence-electron chi connectivity index (χ2n) is 6.20. The summed E-state index contributed by atoms with van der Waals surface area (Å²) in [5.41, 5.74) is 1.87. The highest BCUT2D eigenvalue weighted by atomic mass is 16.1. The Morgan fingerprint density at radius 3 is 2.76 bits per heavy atom. The molecule has 0 unspecified atom stereocenters. The van der Waals surface area contributed by atoms with E-state index in [-0.39, 0.29) is 22.7 Å². The molecule has 1 amide bonds. The molecule has 0 bridgehead atoms. The highest BCUT2D eigenvalue weighted by Crippen LogP contribution is 2.16. The first-order valence-corrected chi connectivity index (χ1v) is 8.24. The number of aromatic nitrogens is 3. The molecule has 3 heterocycles. The van der Waals surface area contributed by atoms with Crippen LogP contribution in [0, 0.1) is 12.3 Å². The molecule has 7 heteroatoms. The average Bonchev–Trinajstić information content (AvgIpc) is 2.61. The first-order valence-electron chi connectivity index (χ1n) is 8.24. The van der Waals surface area contributed by atoms with Crippen LogP contribution in [0.25, 0.3) is 16.7 Å². The van der Waals surface area contributed by atoms with E-state index in [2.05, 4.69) is 10.3 Å². The highest BCUT2D eigenvalue weighted by molar-refractivity contribution is 5.96. The molecule has 0 radical (unpaired) electrons. The van der Waals surface area contributed by atoms with E-state index in [1.54, 1.807) is 16.8 Å². The Morgan fingerprint density at radius 1 is 1.40 bits per heavy atom. The minimum Gasteiger partial charge on any atom is -0.355 e. The first-order chi connectivity index (χ1) is 11.9. The molecular weight excluding hydrogens is 318 g/mol. The summed E-state index contributed by atoms with van der Waals surface area (Å²) in [6.07, 6.45) is 2.48. The Balaban J connectivity index is 2.57. The lowest BCUT2D eigenvalue weighted by Gasteiger charge is -2.19. The zero-order valence-electron chi connectivity index (χ0n) is 14.8. The molecule has 2 N–H and O–H groups in total. The van der Waals surface area contributed by atoms with Crippen LogP contribution in [0.2, 0.25) is 0 Å². The van der Waals surface area contributed by atoms with Crippen molar-refractivity contribution < 1.29 is 4.79 Å². The molecule has 0 aromatic carbocycles. The van der Waals surface area contributed by atoms with Gasteiger partial charge in [0.25, 0.3) is 11.5 Å². The van der Waals surface area contributed by atoms with E-state index in [0.29, 0.717) is 16.7 Å². The van der Waals surface area contributed by atoms with Crippen LogP contribution in [0.15, 0.2) is 29.2 Å². The second-order valence-corrected chi connectivity index (χ2v) is 6.20. The topological polar surface area (TPSA) is 92.2 Å². The summed E-state index contributed by atoms with van der Waals surface area (Å²) in [4.78, 5) is 29.8. The van der Waals surface area contributed by atoms with E-state index >= 15 is 0 Å². The van der Waals surface area contributed by atoms with Gasteiger partial charge in [-0.05, 0) is 38.0 Å². The van der Waals surface area contributed by atoms with Crippen molar-refractivity contribution in [1.29, 1.82) is 5.41 Å². The predicted octanol–water partition coefficient (Wildman–Crippen LogP) is 1.77. The number of nitrogens with one attached hydrogen (secondary N) is 2. The minimum absolute atomic E-state index is 0.0598. The monoisotopic (exact) mass is 339 g/mol. The van der Waals surface area contributed by atoms with Gasteiger partial charge in [-0.2, -0.15) is 0 Å². The van der Waals surface area contributed by atoms with E-state index in [1.165, 1.54) is 17.5 Å². The molecule has 0 aliphatic carbocycles.